The molecule has 0 radical (unpaired) electrons. The van der Waals surface area contributed by atoms with Crippen LogP contribution in [0.4, 0.5) is 75.9 Å². The largest absolute Gasteiger partial charge is 0.490 e. The Kier molecular flexibility index (Phi) is 38.1. The molecule has 546 valence electrons. The maximum absolute atomic E-state index is 14.2. The Bertz CT molecular complexity index is 2610. The molecular weight excluding hydrogens is 1360 g/mol. The van der Waals surface area contributed by atoms with Gasteiger partial charge in [-0.25, -0.2) is 28.4 Å². The predicted molar refractivity (Wildman–Crippen MR) is 293 cm³/mol. The number of carboxylic acids is 8. The number of hydrogen-bond donors (Lipinski definition) is 8. The highest BCUT2D eigenvalue weighted by molar-refractivity contribution is 5.96. The molecule has 0 unspecified atom stereocenters. The van der Waals surface area contributed by atoms with Gasteiger partial charge in [-0.1, -0.05) is 18.2 Å². The molecule has 1 amide bonds. The van der Waals surface area contributed by atoms with E-state index in [0.29, 0.717) is 130 Å². The first-order valence-corrected chi connectivity index (χ1v) is 27.5. The molecule has 1 spiro atoms. The minimum absolute atomic E-state index is 0.00493. The average Bonchev–Trinajstić information content (AvgIpc) is 1.58. The Morgan fingerprint density at radius 2 is 0.729 bits per heavy atom. The topological polar surface area (TPSA) is 374 Å². The van der Waals surface area contributed by atoms with Gasteiger partial charge in [0.25, 0.3) is 0 Å². The third-order valence-corrected chi connectivity index (χ3v) is 13.0. The van der Waals surface area contributed by atoms with E-state index in [9.17, 15) is 110 Å². The number of halogens is 16. The highest BCUT2D eigenvalue weighted by atomic mass is 19.4. The van der Waals surface area contributed by atoms with Gasteiger partial charge in [-0.05, 0) is 62.2 Å². The Balaban J connectivity index is 0.00000208. The molecule has 2 aromatic rings. The maximum Gasteiger partial charge on any atom is 0.490 e. The number of rotatable bonds is 21. The highest BCUT2D eigenvalue weighted by Crippen LogP contribution is 2.39. The van der Waals surface area contributed by atoms with E-state index in [1.807, 2.05) is 35.2 Å². The van der Waals surface area contributed by atoms with E-state index in [2.05, 4.69) is 14.7 Å². The molecule has 0 aromatic heterocycles. The Labute approximate surface area is 533 Å². The van der Waals surface area contributed by atoms with Gasteiger partial charge in [-0.3, -0.25) is 43.6 Å². The van der Waals surface area contributed by atoms with Crippen LogP contribution in [0.5, 0.6) is 0 Å². The van der Waals surface area contributed by atoms with Gasteiger partial charge in [-0.15, -0.1) is 0 Å². The second-order valence-corrected chi connectivity index (χ2v) is 20.0. The quantitative estimate of drug-likeness (QED) is 0.0481. The van der Waals surface area contributed by atoms with Crippen LogP contribution < -0.4 is 4.90 Å². The minimum Gasteiger partial charge on any atom is -0.480 e. The molecule has 3 heterocycles. The number of Topliss-reactive ketones (excluding diaryl/α,β-unsaturated/α-hetero) is 1. The van der Waals surface area contributed by atoms with Crippen LogP contribution in [0, 0.1) is 5.82 Å². The van der Waals surface area contributed by atoms with Gasteiger partial charge < -0.3 is 65.0 Å². The number of ether oxygens (including phenoxy) is 2. The van der Waals surface area contributed by atoms with E-state index >= 15 is 0 Å². The van der Waals surface area contributed by atoms with Gasteiger partial charge in [0, 0.05) is 96.2 Å². The zero-order valence-corrected chi connectivity index (χ0v) is 50.0. The van der Waals surface area contributed by atoms with E-state index in [-0.39, 0.29) is 37.1 Å². The summed E-state index contributed by atoms with van der Waals surface area (Å²) in [7, 11) is 0. The molecule has 0 bridgehead atoms. The van der Waals surface area contributed by atoms with E-state index in [1.54, 1.807) is 14.7 Å². The van der Waals surface area contributed by atoms with Crippen molar-refractivity contribution in [3.63, 3.8) is 0 Å². The maximum atomic E-state index is 14.2. The fraction of sp³-hybridized carbons (Fsp3) is 0.585. The van der Waals surface area contributed by atoms with Crippen LogP contribution in [0.2, 0.25) is 0 Å². The Hall–Kier alpha value is -8.26. The number of aliphatic carboxylic acids is 8. The van der Waals surface area contributed by atoms with Crippen molar-refractivity contribution in [3.8, 4) is 0 Å². The van der Waals surface area contributed by atoms with Crippen molar-refractivity contribution in [1.29, 1.82) is 0 Å². The van der Waals surface area contributed by atoms with E-state index < -0.39 is 84.2 Å². The lowest BCUT2D eigenvalue weighted by Crippen LogP contribution is -2.56. The molecule has 8 N–H and O–H groups in total. The van der Waals surface area contributed by atoms with Crippen molar-refractivity contribution in [2.45, 2.75) is 62.1 Å². The van der Waals surface area contributed by atoms with Crippen LogP contribution in [0.1, 0.15) is 36.0 Å². The lowest BCUT2D eigenvalue weighted by atomic mass is 9.85. The van der Waals surface area contributed by atoms with E-state index in [0.717, 1.165) is 25.3 Å². The fourth-order valence-corrected chi connectivity index (χ4v) is 8.30. The lowest BCUT2D eigenvalue weighted by molar-refractivity contribution is -0.193. The summed E-state index contributed by atoms with van der Waals surface area (Å²) in [6, 6.07) is 15.6. The first kappa shape index (κ1) is 87.7. The van der Waals surface area contributed by atoms with Gasteiger partial charge in [-0.2, -0.15) is 65.9 Å². The highest BCUT2D eigenvalue weighted by Gasteiger charge is 2.53. The first-order chi connectivity index (χ1) is 44.1. The standard InChI is InChI=1S/C43H62FN7O10.5C2HF3O2/c44-36-10-8-35(9-11-36)38(52)7-4-14-45-15-12-43(13-16-45)42(59)50(34-51(43)37-5-2-1-3-6-37)26-28-61-30-29-60-27-25-46-17-19-47(31-39(53)54)21-23-49(33-41(57)58)24-22-48(20-18-46)32-40(55)56;5*3-2(4,5)1(6)7/h1-3,5-6,8-11H,4,7,12-34H2,(H,53,54)(H,55,56)(H,57,58);5*(H,6,7). The van der Waals surface area contributed by atoms with Crippen LogP contribution >= 0.6 is 0 Å². The Morgan fingerprint density at radius 1 is 0.417 bits per heavy atom. The molecule has 0 aliphatic carbocycles. The first-order valence-electron chi connectivity index (χ1n) is 27.5. The molecule has 3 saturated heterocycles. The van der Waals surface area contributed by atoms with Crippen molar-refractivity contribution in [1.82, 2.24) is 29.4 Å². The molecule has 27 nitrogen and oxygen atoms in total. The predicted octanol–water partition coefficient (Wildman–Crippen LogP) is 4.60. The molecule has 96 heavy (non-hydrogen) atoms. The van der Waals surface area contributed by atoms with Crippen LogP contribution in [0.15, 0.2) is 54.6 Å². The molecule has 3 aliphatic rings. The zero-order chi connectivity index (χ0) is 74.0. The molecule has 3 fully saturated rings. The molecule has 0 atom stereocenters. The number of carbonyl (C=O) groups excluding carboxylic acids is 2. The summed E-state index contributed by atoms with van der Waals surface area (Å²) in [5.74, 6) is -17.0. The number of amides is 1. The van der Waals surface area contributed by atoms with Gasteiger partial charge >= 0.3 is 78.6 Å². The van der Waals surface area contributed by atoms with Gasteiger partial charge in [0.1, 0.15) is 11.4 Å². The number of alkyl halides is 15. The third-order valence-electron chi connectivity index (χ3n) is 13.0. The number of likely N-dealkylation sites (tertiary alicyclic amines) is 1. The van der Waals surface area contributed by atoms with Crippen molar-refractivity contribution in [2.24, 2.45) is 0 Å². The smallest absolute Gasteiger partial charge is 0.480 e. The molecular formula is C53H67F16N7O20. The molecule has 5 rings (SSSR count). The minimum atomic E-state index is -5.08. The van der Waals surface area contributed by atoms with Crippen molar-refractivity contribution in [2.75, 3.05) is 143 Å². The zero-order valence-electron chi connectivity index (χ0n) is 50.0. The van der Waals surface area contributed by atoms with Gasteiger partial charge in [0.15, 0.2) is 5.78 Å². The summed E-state index contributed by atoms with van der Waals surface area (Å²) in [4.78, 5) is 120. The lowest BCUT2D eigenvalue weighted by Gasteiger charge is -2.43. The van der Waals surface area contributed by atoms with Crippen molar-refractivity contribution in [3.05, 3.63) is 66.0 Å². The molecule has 3 aliphatic heterocycles. The number of piperidine rings is 1. The number of carboxylic acid groups (broad SMARTS) is 8. The normalized spacial score (nSPS) is 16.3. The summed E-state index contributed by atoms with van der Waals surface area (Å²) in [5, 5.41) is 64.0. The van der Waals surface area contributed by atoms with Crippen LogP contribution in [0.3, 0.4) is 0 Å². The summed E-state index contributed by atoms with van der Waals surface area (Å²) >= 11 is 0. The number of nitrogens with zero attached hydrogens (tertiary/aromatic N) is 7. The second-order valence-electron chi connectivity index (χ2n) is 20.0. The van der Waals surface area contributed by atoms with Gasteiger partial charge in [0.2, 0.25) is 5.91 Å². The summed E-state index contributed by atoms with van der Waals surface area (Å²) < 4.78 is 184. The number of carbonyl (C=O) groups is 10. The molecule has 43 heteroatoms. The number of ketones is 1. The van der Waals surface area contributed by atoms with E-state index in [1.165, 1.54) is 24.3 Å². The molecule has 2 aromatic carbocycles. The Morgan fingerprint density at radius 3 is 1.05 bits per heavy atom. The summed E-state index contributed by atoms with van der Waals surface area (Å²) in [6.45, 7) is 7.79. The number of hydrogen-bond acceptors (Lipinski definition) is 18. The van der Waals surface area contributed by atoms with Crippen molar-refractivity contribution < 1.29 is 169 Å². The third kappa shape index (κ3) is 37.1. The van der Waals surface area contributed by atoms with Crippen LogP contribution in [-0.2, 0) is 52.6 Å². The van der Waals surface area contributed by atoms with Crippen LogP contribution in [0.25, 0.3) is 0 Å². The van der Waals surface area contributed by atoms with Gasteiger partial charge in [0.05, 0.1) is 52.7 Å². The summed E-state index contributed by atoms with van der Waals surface area (Å²) in [5.41, 5.74) is 0.846. The van der Waals surface area contributed by atoms with Crippen LogP contribution in [-0.4, -0.2) is 304 Å². The molecule has 0 saturated carbocycles. The number of benzene rings is 2. The van der Waals surface area contributed by atoms with E-state index in [4.69, 9.17) is 59.0 Å². The van der Waals surface area contributed by atoms with Crippen molar-refractivity contribution >= 4 is 65.1 Å². The SMILES string of the molecule is O=C(O)C(F)(F)F.O=C(O)C(F)(F)F.O=C(O)C(F)(F)F.O=C(O)C(F)(F)F.O=C(O)C(F)(F)F.O=C(O)CN1CCN(CCOCCOCCN2CN(c3ccccc3)C3(CCN(CCCC(=O)c4ccc(F)cc4)CC3)C2=O)CCN(CC(=O)O)CCN(CC(=O)O)CC1. The summed E-state index contributed by atoms with van der Waals surface area (Å²) in [6.07, 6.45) is -23.0. The monoisotopic (exact) mass is 1430 g/mol. The average molecular weight is 1430 g/mol. The second kappa shape index (κ2) is 41.6. The number of para-hydroxylation sites is 1. The number of anilines is 1. The fourth-order valence-electron chi connectivity index (χ4n) is 8.30.